The Labute approximate surface area is 127 Å². The second kappa shape index (κ2) is 4.81. The zero-order valence-corrected chi connectivity index (χ0v) is 12.2. The van der Waals surface area contributed by atoms with E-state index in [1.54, 1.807) is 0 Å². The molecule has 1 aromatic heterocycles. The van der Waals surface area contributed by atoms with Gasteiger partial charge in [0.1, 0.15) is 5.69 Å². The van der Waals surface area contributed by atoms with Gasteiger partial charge >= 0.3 is 0 Å². The van der Waals surface area contributed by atoms with Crippen molar-refractivity contribution in [2.45, 2.75) is 0 Å². The van der Waals surface area contributed by atoms with Crippen LogP contribution in [0.25, 0.3) is 32.9 Å². The SMILES string of the molecule is Cn1c(-c2ccc3ccccc3c2)c(N=O)c2ccccc21. The largest absolute Gasteiger partial charge is 0.342 e. The lowest BCUT2D eigenvalue weighted by atomic mass is 10.0. The van der Waals surface area contributed by atoms with Crippen LogP contribution in [0, 0.1) is 4.91 Å². The molecule has 22 heavy (non-hydrogen) atoms. The lowest BCUT2D eigenvalue weighted by molar-refractivity contribution is 0.978. The fourth-order valence-electron chi connectivity index (χ4n) is 3.13. The number of aromatic nitrogens is 1. The molecule has 0 amide bonds. The lowest BCUT2D eigenvalue weighted by Crippen LogP contribution is -1.91. The second-order valence-corrected chi connectivity index (χ2v) is 5.43. The zero-order valence-electron chi connectivity index (χ0n) is 12.2. The Morgan fingerprint density at radius 3 is 2.41 bits per heavy atom. The molecule has 4 aromatic rings. The number of nitrogens with zero attached hydrogens (tertiary/aromatic N) is 2. The molecule has 0 fully saturated rings. The van der Waals surface area contributed by atoms with Gasteiger partial charge in [0.15, 0.2) is 0 Å². The number of benzene rings is 3. The number of fused-ring (bicyclic) bond motifs is 2. The molecule has 0 saturated heterocycles. The third kappa shape index (κ3) is 1.76. The Morgan fingerprint density at radius 1 is 0.864 bits per heavy atom. The quantitative estimate of drug-likeness (QED) is 0.454. The summed E-state index contributed by atoms with van der Waals surface area (Å²) < 4.78 is 2.04. The summed E-state index contributed by atoms with van der Waals surface area (Å²) in [5.74, 6) is 0. The van der Waals surface area contributed by atoms with E-state index in [-0.39, 0.29) is 0 Å². The first-order valence-electron chi connectivity index (χ1n) is 7.19. The molecule has 0 radical (unpaired) electrons. The molecule has 3 heteroatoms. The van der Waals surface area contributed by atoms with Gasteiger partial charge in [0.2, 0.25) is 0 Å². The van der Waals surface area contributed by atoms with E-state index < -0.39 is 0 Å². The number of hydrogen-bond acceptors (Lipinski definition) is 2. The van der Waals surface area contributed by atoms with Crippen LogP contribution in [-0.4, -0.2) is 4.57 Å². The van der Waals surface area contributed by atoms with Gasteiger partial charge in [0, 0.05) is 18.0 Å². The topological polar surface area (TPSA) is 34.4 Å². The van der Waals surface area contributed by atoms with Crippen molar-refractivity contribution in [3.63, 3.8) is 0 Å². The van der Waals surface area contributed by atoms with E-state index in [0.717, 1.165) is 27.5 Å². The van der Waals surface area contributed by atoms with Crippen LogP contribution in [0.5, 0.6) is 0 Å². The highest BCUT2D eigenvalue weighted by molar-refractivity contribution is 6.01. The molecule has 1 heterocycles. The third-order valence-corrected chi connectivity index (χ3v) is 4.19. The molecule has 4 rings (SSSR count). The van der Waals surface area contributed by atoms with E-state index in [9.17, 15) is 4.91 Å². The van der Waals surface area contributed by atoms with Gasteiger partial charge < -0.3 is 4.57 Å². The van der Waals surface area contributed by atoms with Gasteiger partial charge in [0.25, 0.3) is 0 Å². The van der Waals surface area contributed by atoms with E-state index in [1.165, 1.54) is 5.39 Å². The Bertz CT molecular complexity index is 1010. The average molecular weight is 286 g/mol. The molecule has 106 valence electrons. The Morgan fingerprint density at radius 2 is 1.59 bits per heavy atom. The van der Waals surface area contributed by atoms with Crippen LogP contribution in [0.1, 0.15) is 0 Å². The highest BCUT2D eigenvalue weighted by Gasteiger charge is 2.17. The minimum atomic E-state index is 0.508. The highest BCUT2D eigenvalue weighted by atomic mass is 16.3. The van der Waals surface area contributed by atoms with Crippen molar-refractivity contribution in [3.05, 3.63) is 71.6 Å². The monoisotopic (exact) mass is 286 g/mol. The Balaban J connectivity index is 2.07. The summed E-state index contributed by atoms with van der Waals surface area (Å²) in [5.41, 5.74) is 3.39. The average Bonchev–Trinajstić information content (AvgIpc) is 2.87. The van der Waals surface area contributed by atoms with Gasteiger partial charge in [-0.1, -0.05) is 54.6 Å². The van der Waals surface area contributed by atoms with Gasteiger partial charge in [-0.25, -0.2) is 0 Å². The van der Waals surface area contributed by atoms with Crippen molar-refractivity contribution in [2.24, 2.45) is 12.2 Å². The molecule has 0 aliphatic rings. The minimum absolute atomic E-state index is 0.508. The highest BCUT2D eigenvalue weighted by Crippen LogP contribution is 2.39. The lowest BCUT2D eigenvalue weighted by Gasteiger charge is -2.07. The maximum Gasteiger partial charge on any atom is 0.141 e. The van der Waals surface area contributed by atoms with Gasteiger partial charge in [-0.05, 0) is 28.1 Å². The van der Waals surface area contributed by atoms with E-state index in [0.29, 0.717) is 5.69 Å². The van der Waals surface area contributed by atoms with Crippen molar-refractivity contribution >= 4 is 27.4 Å². The molecule has 0 unspecified atom stereocenters. The van der Waals surface area contributed by atoms with Crippen LogP contribution in [0.15, 0.2) is 71.9 Å². The number of aryl methyl sites for hydroxylation is 1. The van der Waals surface area contributed by atoms with Crippen LogP contribution >= 0.6 is 0 Å². The fourth-order valence-corrected chi connectivity index (χ4v) is 3.13. The molecular weight excluding hydrogens is 272 g/mol. The van der Waals surface area contributed by atoms with Crippen LogP contribution in [0.2, 0.25) is 0 Å². The molecule has 0 saturated carbocycles. The smallest absolute Gasteiger partial charge is 0.141 e. The first kappa shape index (κ1) is 12.8. The summed E-state index contributed by atoms with van der Waals surface area (Å²) in [6.45, 7) is 0. The summed E-state index contributed by atoms with van der Waals surface area (Å²) in [7, 11) is 1.97. The van der Waals surface area contributed by atoms with E-state index >= 15 is 0 Å². The van der Waals surface area contributed by atoms with Crippen LogP contribution in [-0.2, 0) is 7.05 Å². The molecule has 3 nitrogen and oxygen atoms in total. The predicted molar refractivity (Wildman–Crippen MR) is 91.3 cm³/mol. The maximum atomic E-state index is 11.4. The maximum absolute atomic E-state index is 11.4. The number of rotatable bonds is 2. The van der Waals surface area contributed by atoms with Gasteiger partial charge in [-0.3, -0.25) is 0 Å². The van der Waals surface area contributed by atoms with E-state index in [1.807, 2.05) is 54.1 Å². The molecule has 0 bridgehead atoms. The van der Waals surface area contributed by atoms with Gasteiger partial charge in [-0.2, -0.15) is 0 Å². The van der Waals surface area contributed by atoms with Crippen molar-refractivity contribution in [3.8, 4) is 11.3 Å². The number of hydrogen-bond donors (Lipinski definition) is 0. The van der Waals surface area contributed by atoms with Crippen LogP contribution < -0.4 is 0 Å². The standard InChI is InChI=1S/C19H14N2O/c1-21-17-9-5-4-8-16(17)18(20-22)19(21)15-11-10-13-6-2-3-7-14(13)12-15/h2-12H,1H3. The first-order valence-corrected chi connectivity index (χ1v) is 7.19. The molecule has 0 spiro atoms. The van der Waals surface area contributed by atoms with E-state index in [2.05, 4.69) is 29.4 Å². The van der Waals surface area contributed by atoms with Crippen LogP contribution in [0.4, 0.5) is 5.69 Å². The number of nitroso groups, excluding NO2 is 1. The number of para-hydroxylation sites is 1. The molecule has 0 atom stereocenters. The second-order valence-electron chi connectivity index (χ2n) is 5.43. The summed E-state index contributed by atoms with van der Waals surface area (Å²) in [6.07, 6.45) is 0. The summed E-state index contributed by atoms with van der Waals surface area (Å²) in [5, 5.41) is 6.54. The van der Waals surface area contributed by atoms with Crippen molar-refractivity contribution in [2.75, 3.05) is 0 Å². The Hall–Kier alpha value is -2.94. The predicted octanol–water partition coefficient (Wildman–Crippen LogP) is 5.40. The van der Waals surface area contributed by atoms with Gasteiger partial charge in [0.05, 0.1) is 11.2 Å². The summed E-state index contributed by atoms with van der Waals surface area (Å²) >= 11 is 0. The molecule has 0 aliphatic heterocycles. The van der Waals surface area contributed by atoms with Crippen molar-refractivity contribution < 1.29 is 0 Å². The zero-order chi connectivity index (χ0) is 15.1. The fraction of sp³-hybridized carbons (Fsp3) is 0.0526. The molecular formula is C19H14N2O. The minimum Gasteiger partial charge on any atom is -0.342 e. The molecule has 0 N–H and O–H groups in total. The third-order valence-electron chi connectivity index (χ3n) is 4.19. The molecule has 3 aromatic carbocycles. The van der Waals surface area contributed by atoms with Gasteiger partial charge in [-0.15, -0.1) is 4.91 Å². The summed E-state index contributed by atoms with van der Waals surface area (Å²) in [4.78, 5) is 11.4. The summed E-state index contributed by atoms with van der Waals surface area (Å²) in [6, 6.07) is 22.3. The first-order chi connectivity index (χ1) is 10.8. The Kier molecular flexibility index (Phi) is 2.79. The van der Waals surface area contributed by atoms with Crippen LogP contribution in [0.3, 0.4) is 0 Å². The normalized spacial score (nSPS) is 11.1. The van der Waals surface area contributed by atoms with Crippen molar-refractivity contribution in [1.29, 1.82) is 0 Å². The van der Waals surface area contributed by atoms with E-state index in [4.69, 9.17) is 0 Å². The van der Waals surface area contributed by atoms with Crippen molar-refractivity contribution in [1.82, 2.24) is 4.57 Å². The molecule has 0 aliphatic carbocycles.